The second-order valence-corrected chi connectivity index (χ2v) is 8.76. The first-order chi connectivity index (χ1) is 15.9. The Balaban J connectivity index is 1.54. The highest BCUT2D eigenvalue weighted by atomic mass is 16.2. The Bertz CT molecular complexity index is 1040. The van der Waals surface area contributed by atoms with Gasteiger partial charge in [0.15, 0.2) is 5.82 Å². The Hall–Kier alpha value is -3.29. The average Bonchev–Trinajstić information content (AvgIpc) is 3.29. The first-order valence-corrected chi connectivity index (χ1v) is 11.7. The van der Waals surface area contributed by atoms with E-state index >= 15 is 0 Å². The molecule has 8 heteroatoms. The van der Waals surface area contributed by atoms with Crippen molar-refractivity contribution in [1.29, 1.82) is 0 Å². The van der Waals surface area contributed by atoms with Gasteiger partial charge in [0, 0.05) is 37.7 Å². The number of benzene rings is 1. The molecule has 0 radical (unpaired) electrons. The van der Waals surface area contributed by atoms with Gasteiger partial charge in [-0.15, -0.1) is 0 Å². The number of nitrogens with one attached hydrogen (secondary N) is 1. The number of hydrogen-bond acceptors (Lipinski definition) is 5. The number of hydrogen-bond donors (Lipinski definition) is 1. The summed E-state index contributed by atoms with van der Waals surface area (Å²) in [7, 11) is 0. The lowest BCUT2D eigenvalue weighted by Crippen LogP contribution is -2.40. The van der Waals surface area contributed by atoms with Gasteiger partial charge < -0.3 is 10.2 Å². The van der Waals surface area contributed by atoms with Crippen molar-refractivity contribution in [3.63, 3.8) is 0 Å². The number of carbonyl (C=O) groups excluding carboxylic acids is 3. The van der Waals surface area contributed by atoms with Crippen LogP contribution >= 0.6 is 0 Å². The van der Waals surface area contributed by atoms with E-state index < -0.39 is 0 Å². The number of carbonyl (C=O) groups is 3. The average molecular weight is 450 g/mol. The molecule has 0 aliphatic carbocycles. The van der Waals surface area contributed by atoms with Crippen molar-refractivity contribution in [3.05, 3.63) is 53.0 Å². The summed E-state index contributed by atoms with van der Waals surface area (Å²) < 4.78 is 0. The van der Waals surface area contributed by atoms with E-state index in [0.717, 1.165) is 36.9 Å². The van der Waals surface area contributed by atoms with Gasteiger partial charge >= 0.3 is 0 Å². The number of nitrogens with zero attached hydrogens (tertiary/aromatic N) is 4. The van der Waals surface area contributed by atoms with Gasteiger partial charge in [-0.1, -0.05) is 30.3 Å². The lowest BCUT2D eigenvalue weighted by atomic mass is 10.0. The van der Waals surface area contributed by atoms with Gasteiger partial charge in [0.05, 0.1) is 12.6 Å². The summed E-state index contributed by atoms with van der Waals surface area (Å²) in [6.07, 6.45) is 4.48. The lowest BCUT2D eigenvalue weighted by molar-refractivity contribution is -0.133. The first kappa shape index (κ1) is 22.9. The summed E-state index contributed by atoms with van der Waals surface area (Å²) in [6.45, 7) is 4.54. The lowest BCUT2D eigenvalue weighted by Gasteiger charge is -2.31. The van der Waals surface area contributed by atoms with Crippen molar-refractivity contribution < 1.29 is 14.4 Å². The molecule has 2 aromatic rings. The number of aryl methyl sites for hydroxylation is 2. The number of fused-ring (bicyclic) bond motifs is 1. The quantitative estimate of drug-likeness (QED) is 0.701. The van der Waals surface area contributed by atoms with Gasteiger partial charge in [-0.25, -0.2) is 9.97 Å². The van der Waals surface area contributed by atoms with Gasteiger partial charge in [-0.3, -0.25) is 19.3 Å². The number of amides is 3. The highest BCUT2D eigenvalue weighted by molar-refractivity contribution is 5.95. The molecule has 3 heterocycles. The van der Waals surface area contributed by atoms with Crippen LogP contribution in [-0.4, -0.2) is 52.2 Å². The molecular formula is C25H31N5O3. The molecule has 3 amide bonds. The number of aromatic nitrogens is 2. The maximum absolute atomic E-state index is 12.8. The Morgan fingerprint density at radius 1 is 1.15 bits per heavy atom. The van der Waals surface area contributed by atoms with Crippen molar-refractivity contribution in [2.24, 2.45) is 0 Å². The maximum atomic E-state index is 12.8. The minimum atomic E-state index is -0.238. The molecule has 1 N–H and O–H groups in total. The summed E-state index contributed by atoms with van der Waals surface area (Å²) >= 11 is 0. The molecule has 4 rings (SSSR count). The van der Waals surface area contributed by atoms with E-state index in [1.807, 2.05) is 25.1 Å². The first-order valence-electron chi connectivity index (χ1n) is 11.7. The molecule has 0 saturated carbocycles. The monoisotopic (exact) mass is 449 g/mol. The summed E-state index contributed by atoms with van der Waals surface area (Å²) in [4.78, 5) is 49.9. The van der Waals surface area contributed by atoms with Gasteiger partial charge in [0.2, 0.25) is 17.7 Å². The van der Waals surface area contributed by atoms with Crippen LogP contribution < -0.4 is 10.2 Å². The van der Waals surface area contributed by atoms with Crippen molar-refractivity contribution >= 4 is 23.5 Å². The van der Waals surface area contributed by atoms with Crippen molar-refractivity contribution in [2.75, 3.05) is 24.5 Å². The fourth-order valence-electron chi connectivity index (χ4n) is 4.70. The van der Waals surface area contributed by atoms with Gasteiger partial charge in [0.1, 0.15) is 5.82 Å². The van der Waals surface area contributed by atoms with E-state index in [-0.39, 0.29) is 30.3 Å². The predicted octanol–water partition coefficient (Wildman–Crippen LogP) is 2.50. The van der Waals surface area contributed by atoms with Crippen LogP contribution in [0.3, 0.4) is 0 Å². The normalized spacial score (nSPS) is 17.8. The van der Waals surface area contributed by atoms with Crippen LogP contribution in [0.2, 0.25) is 0 Å². The number of anilines is 1. The molecule has 1 saturated heterocycles. The standard InChI is InChI=1S/C25H31N5O3/c1-17-20-12-13-22(32)30(15-6-10-19-8-4-3-5-9-19)25(20)28-24(27-17)21-11-7-14-29(21)23(33)16-26-18(2)31/h3-5,8-9,21H,6-7,10-16H2,1-2H3,(H,26,31). The SMILES string of the molecule is CC(=O)NCC(=O)N1CCCC1c1nc(C)c2c(n1)N(CCCc1ccccc1)C(=O)CC2. The maximum Gasteiger partial charge on any atom is 0.242 e. The smallest absolute Gasteiger partial charge is 0.242 e. The van der Waals surface area contributed by atoms with Crippen LogP contribution in [0.25, 0.3) is 0 Å². The van der Waals surface area contributed by atoms with Crippen LogP contribution in [0.4, 0.5) is 5.82 Å². The Kier molecular flexibility index (Phi) is 7.01. The second-order valence-electron chi connectivity index (χ2n) is 8.76. The predicted molar refractivity (Wildman–Crippen MR) is 125 cm³/mol. The molecule has 1 atom stereocenters. The summed E-state index contributed by atoms with van der Waals surface area (Å²) in [5.41, 5.74) is 3.14. The fourth-order valence-corrected chi connectivity index (χ4v) is 4.70. The molecule has 2 aliphatic rings. The van der Waals surface area contributed by atoms with E-state index in [0.29, 0.717) is 37.6 Å². The third-order valence-electron chi connectivity index (χ3n) is 6.40. The molecule has 1 unspecified atom stereocenters. The van der Waals surface area contributed by atoms with Gasteiger partial charge in [-0.2, -0.15) is 0 Å². The third kappa shape index (κ3) is 5.21. The molecule has 8 nitrogen and oxygen atoms in total. The van der Waals surface area contributed by atoms with Crippen LogP contribution in [0.5, 0.6) is 0 Å². The molecule has 174 valence electrons. The van der Waals surface area contributed by atoms with Crippen LogP contribution in [0, 0.1) is 6.92 Å². The van der Waals surface area contributed by atoms with E-state index in [2.05, 4.69) is 17.4 Å². The molecule has 1 fully saturated rings. The topological polar surface area (TPSA) is 95.5 Å². The van der Waals surface area contributed by atoms with Crippen molar-refractivity contribution in [3.8, 4) is 0 Å². The van der Waals surface area contributed by atoms with Crippen LogP contribution in [-0.2, 0) is 27.2 Å². The molecule has 1 aromatic carbocycles. The summed E-state index contributed by atoms with van der Waals surface area (Å²) in [5, 5.41) is 2.58. The van der Waals surface area contributed by atoms with Crippen LogP contribution in [0.1, 0.15) is 61.3 Å². The summed E-state index contributed by atoms with van der Waals surface area (Å²) in [5.74, 6) is 1.00. The largest absolute Gasteiger partial charge is 0.347 e. The summed E-state index contributed by atoms with van der Waals surface area (Å²) in [6, 6.07) is 10.0. The van der Waals surface area contributed by atoms with Gasteiger partial charge in [0.25, 0.3) is 0 Å². The van der Waals surface area contributed by atoms with Gasteiger partial charge in [-0.05, 0) is 44.6 Å². The zero-order chi connectivity index (χ0) is 23.4. The van der Waals surface area contributed by atoms with Crippen LogP contribution in [0.15, 0.2) is 30.3 Å². The minimum Gasteiger partial charge on any atom is -0.347 e. The fraction of sp³-hybridized carbons (Fsp3) is 0.480. The highest BCUT2D eigenvalue weighted by Gasteiger charge is 2.34. The molecule has 1 aromatic heterocycles. The third-order valence-corrected chi connectivity index (χ3v) is 6.40. The van der Waals surface area contributed by atoms with Crippen molar-refractivity contribution in [2.45, 2.75) is 58.4 Å². The van der Waals surface area contributed by atoms with E-state index in [9.17, 15) is 14.4 Å². The van der Waals surface area contributed by atoms with Crippen molar-refractivity contribution in [1.82, 2.24) is 20.2 Å². The zero-order valence-electron chi connectivity index (χ0n) is 19.3. The Labute approximate surface area is 194 Å². The second kappa shape index (κ2) is 10.1. The van der Waals surface area contributed by atoms with E-state index in [1.165, 1.54) is 12.5 Å². The molecule has 0 spiro atoms. The molecule has 0 bridgehead atoms. The molecule has 2 aliphatic heterocycles. The zero-order valence-corrected chi connectivity index (χ0v) is 19.3. The Morgan fingerprint density at radius 2 is 1.94 bits per heavy atom. The highest BCUT2D eigenvalue weighted by Crippen LogP contribution is 2.34. The van der Waals surface area contributed by atoms with E-state index in [1.54, 1.807) is 9.80 Å². The molecular weight excluding hydrogens is 418 g/mol. The molecule has 33 heavy (non-hydrogen) atoms. The Morgan fingerprint density at radius 3 is 2.70 bits per heavy atom. The minimum absolute atomic E-state index is 0.0279. The number of likely N-dealkylation sites (tertiary alicyclic amines) is 1. The number of rotatable bonds is 7. The van der Waals surface area contributed by atoms with E-state index in [4.69, 9.17) is 9.97 Å².